The molecule has 0 aliphatic carbocycles. The van der Waals surface area contributed by atoms with E-state index in [-0.39, 0.29) is 5.91 Å². The number of rotatable bonds is 5. The standard InChI is InChI=1S/C21H25N3OS/c1-6-15-8-10-16(11-9-15)12-24(5)21(25)19-13(3)18-14(4)22-17(7-2)23-20(18)26-19/h8-11H,6-7,12H2,1-5H3. The molecule has 0 aliphatic rings. The lowest BCUT2D eigenvalue weighted by Gasteiger charge is -2.17. The number of carbonyl (C=O) groups excluding carboxylic acids is 1. The van der Waals surface area contributed by atoms with Gasteiger partial charge in [0.05, 0.1) is 4.88 Å². The number of thiophene rings is 1. The molecule has 3 rings (SSSR count). The summed E-state index contributed by atoms with van der Waals surface area (Å²) in [5.41, 5.74) is 4.39. The van der Waals surface area contributed by atoms with Crippen LogP contribution in [0.15, 0.2) is 24.3 Å². The molecular weight excluding hydrogens is 342 g/mol. The van der Waals surface area contributed by atoms with Crippen molar-refractivity contribution >= 4 is 27.5 Å². The van der Waals surface area contributed by atoms with Gasteiger partial charge in [-0.3, -0.25) is 4.79 Å². The van der Waals surface area contributed by atoms with Gasteiger partial charge in [-0.25, -0.2) is 9.97 Å². The smallest absolute Gasteiger partial charge is 0.264 e. The van der Waals surface area contributed by atoms with E-state index in [0.717, 1.165) is 50.6 Å². The molecule has 0 unspecified atom stereocenters. The molecule has 2 aromatic heterocycles. The molecule has 0 spiro atoms. The van der Waals surface area contributed by atoms with Crippen LogP contribution in [0.5, 0.6) is 0 Å². The van der Waals surface area contributed by atoms with Crippen molar-refractivity contribution in [1.29, 1.82) is 0 Å². The van der Waals surface area contributed by atoms with E-state index in [2.05, 4.69) is 41.2 Å². The van der Waals surface area contributed by atoms with E-state index in [0.29, 0.717) is 6.54 Å². The summed E-state index contributed by atoms with van der Waals surface area (Å²) >= 11 is 1.48. The fourth-order valence-corrected chi connectivity index (χ4v) is 4.40. The molecule has 0 fully saturated rings. The molecule has 0 bridgehead atoms. The maximum absolute atomic E-state index is 13.0. The lowest BCUT2D eigenvalue weighted by atomic mass is 10.1. The fraction of sp³-hybridized carbons (Fsp3) is 0.381. The second kappa shape index (κ2) is 7.54. The number of nitrogens with zero attached hydrogens (tertiary/aromatic N) is 3. The van der Waals surface area contributed by atoms with Crippen LogP contribution in [-0.4, -0.2) is 27.8 Å². The number of fused-ring (bicyclic) bond motifs is 1. The van der Waals surface area contributed by atoms with E-state index in [1.807, 2.05) is 27.8 Å². The van der Waals surface area contributed by atoms with Gasteiger partial charge in [-0.15, -0.1) is 11.3 Å². The van der Waals surface area contributed by atoms with Crippen LogP contribution in [-0.2, 0) is 19.4 Å². The minimum Gasteiger partial charge on any atom is -0.337 e. The van der Waals surface area contributed by atoms with Crippen molar-refractivity contribution in [3.05, 3.63) is 57.4 Å². The van der Waals surface area contributed by atoms with E-state index in [1.54, 1.807) is 4.90 Å². The van der Waals surface area contributed by atoms with Crippen LogP contribution >= 0.6 is 11.3 Å². The zero-order valence-electron chi connectivity index (χ0n) is 16.1. The van der Waals surface area contributed by atoms with Gasteiger partial charge in [-0.05, 0) is 37.0 Å². The van der Waals surface area contributed by atoms with E-state index < -0.39 is 0 Å². The Bertz CT molecular complexity index is 944. The van der Waals surface area contributed by atoms with E-state index in [1.165, 1.54) is 16.9 Å². The van der Waals surface area contributed by atoms with E-state index in [4.69, 9.17) is 0 Å². The van der Waals surface area contributed by atoms with Crippen molar-refractivity contribution in [3.63, 3.8) is 0 Å². The molecule has 1 amide bonds. The third-order valence-electron chi connectivity index (χ3n) is 4.73. The first-order valence-electron chi connectivity index (χ1n) is 9.04. The van der Waals surface area contributed by atoms with Gasteiger partial charge in [0.25, 0.3) is 5.91 Å². The van der Waals surface area contributed by atoms with E-state index in [9.17, 15) is 4.79 Å². The Balaban J connectivity index is 1.88. The Morgan fingerprint density at radius 3 is 2.31 bits per heavy atom. The second-order valence-electron chi connectivity index (χ2n) is 6.65. The third-order valence-corrected chi connectivity index (χ3v) is 5.90. The molecule has 136 valence electrons. The summed E-state index contributed by atoms with van der Waals surface area (Å²) in [6, 6.07) is 8.46. The molecule has 26 heavy (non-hydrogen) atoms. The number of hydrogen-bond acceptors (Lipinski definition) is 4. The normalized spacial score (nSPS) is 11.1. The molecule has 0 aliphatic heterocycles. The molecule has 0 radical (unpaired) electrons. The Hall–Kier alpha value is -2.27. The number of aryl methyl sites for hydroxylation is 4. The first-order valence-corrected chi connectivity index (χ1v) is 9.86. The predicted octanol–water partition coefficient (Wildman–Crippen LogP) is 4.71. The van der Waals surface area contributed by atoms with Gasteiger partial charge in [-0.2, -0.15) is 0 Å². The molecule has 5 heteroatoms. The Morgan fingerprint density at radius 1 is 1.04 bits per heavy atom. The number of benzene rings is 1. The minimum absolute atomic E-state index is 0.0440. The highest BCUT2D eigenvalue weighted by molar-refractivity contribution is 7.20. The van der Waals surface area contributed by atoms with Crippen LogP contribution in [0, 0.1) is 13.8 Å². The second-order valence-corrected chi connectivity index (χ2v) is 7.65. The first-order chi connectivity index (χ1) is 12.4. The highest BCUT2D eigenvalue weighted by Crippen LogP contribution is 2.32. The van der Waals surface area contributed by atoms with Crippen LogP contribution in [0.2, 0.25) is 0 Å². The zero-order chi connectivity index (χ0) is 18.8. The summed E-state index contributed by atoms with van der Waals surface area (Å²) in [6.07, 6.45) is 1.82. The summed E-state index contributed by atoms with van der Waals surface area (Å²) in [5.74, 6) is 0.877. The van der Waals surface area contributed by atoms with E-state index >= 15 is 0 Å². The number of carbonyl (C=O) groups is 1. The summed E-state index contributed by atoms with van der Waals surface area (Å²) in [4.78, 5) is 25.6. The SMILES string of the molecule is CCc1ccc(CN(C)C(=O)c2sc3nc(CC)nc(C)c3c2C)cc1. The van der Waals surface area contributed by atoms with Crippen molar-refractivity contribution in [3.8, 4) is 0 Å². The minimum atomic E-state index is 0.0440. The number of aromatic nitrogens is 2. The lowest BCUT2D eigenvalue weighted by molar-refractivity contribution is 0.0789. The average Bonchev–Trinajstić information content (AvgIpc) is 2.98. The van der Waals surface area contributed by atoms with Gasteiger partial charge in [0.1, 0.15) is 10.7 Å². The summed E-state index contributed by atoms with van der Waals surface area (Å²) in [6.45, 7) is 8.78. The molecule has 0 saturated heterocycles. The van der Waals surface area contributed by atoms with Gasteiger partial charge < -0.3 is 4.90 Å². The van der Waals surface area contributed by atoms with Crippen LogP contribution in [0.4, 0.5) is 0 Å². The highest BCUT2D eigenvalue weighted by atomic mass is 32.1. The van der Waals surface area contributed by atoms with Gasteiger partial charge in [-0.1, -0.05) is 38.1 Å². The third kappa shape index (κ3) is 3.49. The molecule has 3 aromatic rings. The Morgan fingerprint density at radius 2 is 1.69 bits per heavy atom. The maximum atomic E-state index is 13.0. The first kappa shape index (κ1) is 18.5. The Kier molecular flexibility index (Phi) is 5.37. The lowest BCUT2D eigenvalue weighted by Crippen LogP contribution is -2.25. The van der Waals surface area contributed by atoms with Gasteiger partial charge in [0.15, 0.2) is 0 Å². The highest BCUT2D eigenvalue weighted by Gasteiger charge is 2.21. The summed E-state index contributed by atoms with van der Waals surface area (Å²) in [5, 5.41) is 1.02. The van der Waals surface area contributed by atoms with Crippen molar-refractivity contribution < 1.29 is 4.79 Å². The van der Waals surface area contributed by atoms with Crippen LogP contribution in [0.3, 0.4) is 0 Å². The monoisotopic (exact) mass is 367 g/mol. The largest absolute Gasteiger partial charge is 0.337 e. The Labute approximate surface area is 158 Å². The average molecular weight is 368 g/mol. The summed E-state index contributed by atoms with van der Waals surface area (Å²) < 4.78 is 0. The topological polar surface area (TPSA) is 46.1 Å². The molecule has 0 saturated carbocycles. The van der Waals surface area contributed by atoms with Crippen LogP contribution in [0.1, 0.15) is 51.7 Å². The van der Waals surface area contributed by atoms with Crippen molar-refractivity contribution in [1.82, 2.24) is 14.9 Å². The quantitative estimate of drug-likeness (QED) is 0.656. The molecule has 2 heterocycles. The number of amides is 1. The molecule has 0 N–H and O–H groups in total. The van der Waals surface area contributed by atoms with Gasteiger partial charge >= 0.3 is 0 Å². The predicted molar refractivity (Wildman–Crippen MR) is 108 cm³/mol. The maximum Gasteiger partial charge on any atom is 0.264 e. The van der Waals surface area contributed by atoms with Crippen LogP contribution < -0.4 is 0 Å². The van der Waals surface area contributed by atoms with Crippen molar-refractivity contribution in [2.24, 2.45) is 0 Å². The van der Waals surface area contributed by atoms with Crippen molar-refractivity contribution in [2.45, 2.75) is 47.1 Å². The molecule has 4 nitrogen and oxygen atoms in total. The number of hydrogen-bond donors (Lipinski definition) is 0. The fourth-order valence-electron chi connectivity index (χ4n) is 3.16. The molecule has 1 aromatic carbocycles. The molecular formula is C21H25N3OS. The van der Waals surface area contributed by atoms with Gasteiger partial charge in [0, 0.05) is 31.1 Å². The molecule has 0 atom stereocenters. The zero-order valence-corrected chi connectivity index (χ0v) is 16.9. The van der Waals surface area contributed by atoms with Crippen molar-refractivity contribution in [2.75, 3.05) is 7.05 Å². The van der Waals surface area contributed by atoms with Crippen LogP contribution in [0.25, 0.3) is 10.2 Å². The summed E-state index contributed by atoms with van der Waals surface area (Å²) in [7, 11) is 1.86. The van der Waals surface area contributed by atoms with Gasteiger partial charge in [0.2, 0.25) is 0 Å².